The Bertz CT molecular complexity index is 1390. The van der Waals surface area contributed by atoms with E-state index in [-0.39, 0.29) is 6.10 Å². The van der Waals surface area contributed by atoms with E-state index in [2.05, 4.69) is 16.1 Å². The number of aromatic nitrogens is 2. The maximum absolute atomic E-state index is 11.5. The molecule has 2 saturated carbocycles. The number of fused-ring (bicyclic) bond motifs is 1. The summed E-state index contributed by atoms with van der Waals surface area (Å²) in [7, 11) is 0. The lowest BCUT2D eigenvalue weighted by Crippen LogP contribution is -2.34. The molecule has 0 bridgehead atoms. The van der Waals surface area contributed by atoms with Gasteiger partial charge in [-0.25, -0.2) is 0 Å². The summed E-state index contributed by atoms with van der Waals surface area (Å²) >= 11 is 14.3. The molecular formula is C28H28Cl2N2O4S. The Morgan fingerprint density at radius 2 is 2.05 bits per heavy atom. The van der Waals surface area contributed by atoms with Gasteiger partial charge in [0.05, 0.1) is 28.0 Å². The Labute approximate surface area is 229 Å². The summed E-state index contributed by atoms with van der Waals surface area (Å²) in [5, 5.41) is 17.5. The minimum absolute atomic E-state index is 0.0216. The van der Waals surface area contributed by atoms with Crippen LogP contribution in [0, 0.1) is 0 Å². The molecule has 194 valence electrons. The average Bonchev–Trinajstić information content (AvgIpc) is 3.55. The fourth-order valence-corrected chi connectivity index (χ4v) is 6.13. The van der Waals surface area contributed by atoms with Crippen LogP contribution in [0.2, 0.25) is 0 Å². The molecule has 9 heteroatoms. The van der Waals surface area contributed by atoms with Crippen LogP contribution in [0.1, 0.15) is 84.4 Å². The number of carbonyl (C=O) groups excluding carboxylic acids is 1. The number of rotatable bonds is 9. The van der Waals surface area contributed by atoms with Crippen molar-refractivity contribution in [1.82, 2.24) is 9.53 Å². The van der Waals surface area contributed by atoms with E-state index in [9.17, 15) is 9.90 Å². The van der Waals surface area contributed by atoms with Gasteiger partial charge < -0.3 is 14.4 Å². The van der Waals surface area contributed by atoms with Gasteiger partial charge in [0.2, 0.25) is 0 Å². The van der Waals surface area contributed by atoms with Crippen LogP contribution < -0.4 is 0 Å². The zero-order valence-corrected chi connectivity index (χ0v) is 22.8. The van der Waals surface area contributed by atoms with Crippen molar-refractivity contribution in [2.75, 3.05) is 0 Å². The molecule has 2 aromatic heterocycles. The molecule has 2 aliphatic carbocycles. The summed E-state index contributed by atoms with van der Waals surface area (Å²) in [5.41, 5.74) is 2.31. The highest BCUT2D eigenvalue weighted by atomic mass is 35.5. The second-order valence-electron chi connectivity index (χ2n) is 9.65. The first-order chi connectivity index (χ1) is 17.9. The fraction of sp³-hybridized carbons (Fsp3) is 0.393. The molecule has 0 aliphatic heterocycles. The lowest BCUT2D eigenvalue weighted by molar-refractivity contribution is -0.0641. The van der Waals surface area contributed by atoms with Gasteiger partial charge in [-0.05, 0) is 80.8 Å². The van der Waals surface area contributed by atoms with Crippen molar-refractivity contribution in [3.05, 3.63) is 75.3 Å². The van der Waals surface area contributed by atoms with Crippen LogP contribution in [-0.2, 0) is 16.9 Å². The van der Waals surface area contributed by atoms with E-state index >= 15 is 0 Å². The largest absolute Gasteiger partial charge is 0.385 e. The van der Waals surface area contributed by atoms with Gasteiger partial charge in [-0.1, -0.05) is 47.1 Å². The lowest BCUT2D eigenvalue weighted by Gasteiger charge is -2.36. The maximum atomic E-state index is 11.5. The molecule has 0 radical (unpaired) electrons. The molecule has 3 aromatic rings. The molecule has 2 fully saturated rings. The van der Waals surface area contributed by atoms with E-state index in [1.54, 1.807) is 12.2 Å². The minimum Gasteiger partial charge on any atom is -0.385 e. The van der Waals surface area contributed by atoms with Crippen LogP contribution in [0.4, 0.5) is 0 Å². The predicted molar refractivity (Wildman–Crippen MR) is 147 cm³/mol. The van der Waals surface area contributed by atoms with E-state index in [1.165, 1.54) is 11.5 Å². The molecule has 1 N–H and O–H groups in total. The first-order valence-electron chi connectivity index (χ1n) is 12.4. The van der Waals surface area contributed by atoms with Crippen LogP contribution in [-0.4, -0.2) is 27.0 Å². The smallest absolute Gasteiger partial charge is 0.170 e. The predicted octanol–water partition coefficient (Wildman–Crippen LogP) is 7.60. The van der Waals surface area contributed by atoms with Crippen LogP contribution >= 0.6 is 34.7 Å². The zero-order valence-electron chi connectivity index (χ0n) is 20.5. The summed E-state index contributed by atoms with van der Waals surface area (Å²) in [6.07, 6.45) is 8.67. The van der Waals surface area contributed by atoms with Crippen LogP contribution in [0.5, 0.6) is 0 Å². The summed E-state index contributed by atoms with van der Waals surface area (Å²) in [6.45, 7) is 5.94. The van der Waals surface area contributed by atoms with Gasteiger partial charge in [-0.15, -0.1) is 0 Å². The number of hydrogen-bond acceptors (Lipinski definition) is 7. The van der Waals surface area contributed by atoms with Crippen LogP contribution in [0.25, 0.3) is 15.7 Å². The number of allylic oxidation sites excluding steroid dienone is 5. The van der Waals surface area contributed by atoms with Crippen LogP contribution in [0.3, 0.4) is 0 Å². The van der Waals surface area contributed by atoms with Gasteiger partial charge in [0, 0.05) is 27.5 Å². The third-order valence-electron chi connectivity index (χ3n) is 7.28. The lowest BCUT2D eigenvalue weighted by atomic mass is 9.78. The van der Waals surface area contributed by atoms with E-state index in [4.69, 9.17) is 32.5 Å². The number of aldehydes is 1. The van der Waals surface area contributed by atoms with Crippen molar-refractivity contribution in [2.24, 2.45) is 0 Å². The molecule has 1 aromatic carbocycles. The summed E-state index contributed by atoms with van der Waals surface area (Å²) < 4.78 is 17.2. The highest BCUT2D eigenvalue weighted by molar-refractivity contribution is 7.13. The Hall–Kier alpha value is -2.29. The van der Waals surface area contributed by atoms with Gasteiger partial charge in [0.1, 0.15) is 17.1 Å². The first kappa shape index (κ1) is 26.3. The number of benzene rings is 1. The molecule has 0 saturated heterocycles. The highest BCUT2D eigenvalue weighted by Gasteiger charge is 2.37. The molecule has 2 heterocycles. The average molecular weight is 560 g/mol. The number of aliphatic hydroxyl groups is 1. The summed E-state index contributed by atoms with van der Waals surface area (Å²) in [4.78, 5) is 11.3. The monoisotopic (exact) mass is 558 g/mol. The molecule has 5 rings (SSSR count). The van der Waals surface area contributed by atoms with Crippen LogP contribution in [0.15, 0.2) is 51.5 Å². The zero-order chi connectivity index (χ0) is 26.2. The third kappa shape index (κ3) is 5.20. The quantitative estimate of drug-likeness (QED) is 0.215. The Balaban J connectivity index is 1.32. The SMILES string of the molecule is C=C/C(Cl)=C(\C(Cl)=C/C)c1noc(C2CC2)c1COC1CCC(O)(c2ccc3snc(C=O)c3c2)CC1. The Morgan fingerprint density at radius 1 is 1.30 bits per heavy atom. The standard InChI is InChI=1S/C28H28Cl2N2O4S/c1-3-21(29)25(22(30)4-2)26-20(27(36-31-26)16-5-6-16)15-35-18-9-11-28(34,12-10-18)17-7-8-24-19(13-17)23(14-33)32-37-24/h3-4,7-8,13-14,16,18,34H,1,5-6,9-12,15H2,2H3/b22-4+,25-21-. The molecule has 0 unspecified atom stereocenters. The molecule has 0 atom stereocenters. The molecule has 37 heavy (non-hydrogen) atoms. The fourth-order valence-electron chi connectivity index (χ4n) is 4.97. The molecule has 0 spiro atoms. The first-order valence-corrected chi connectivity index (χ1v) is 13.9. The Kier molecular flexibility index (Phi) is 7.70. The summed E-state index contributed by atoms with van der Waals surface area (Å²) in [5.74, 6) is 1.17. The van der Waals surface area contributed by atoms with E-state index < -0.39 is 5.60 Å². The number of ether oxygens (including phenoxy) is 1. The van der Waals surface area contributed by atoms with Gasteiger partial charge in [-0.3, -0.25) is 4.79 Å². The maximum Gasteiger partial charge on any atom is 0.170 e. The number of halogens is 2. The van der Waals surface area contributed by atoms with Crippen molar-refractivity contribution in [3.8, 4) is 0 Å². The number of nitrogens with zero attached hydrogens (tertiary/aromatic N) is 2. The van der Waals surface area contributed by atoms with Gasteiger partial charge >= 0.3 is 0 Å². The van der Waals surface area contributed by atoms with Gasteiger partial charge in [0.15, 0.2) is 6.29 Å². The molecular weight excluding hydrogens is 531 g/mol. The molecule has 0 amide bonds. The number of hydrogen-bond donors (Lipinski definition) is 1. The van der Waals surface area contributed by atoms with Crippen molar-refractivity contribution >= 4 is 56.7 Å². The van der Waals surface area contributed by atoms with Crippen molar-refractivity contribution in [3.63, 3.8) is 0 Å². The minimum atomic E-state index is -0.968. The summed E-state index contributed by atoms with van der Waals surface area (Å²) in [6, 6.07) is 5.76. The molecule has 6 nitrogen and oxygen atoms in total. The normalized spacial score (nSPS) is 23.2. The topological polar surface area (TPSA) is 85.5 Å². The van der Waals surface area contributed by atoms with E-state index in [0.717, 1.165) is 46.1 Å². The van der Waals surface area contributed by atoms with E-state index in [0.29, 0.717) is 65.2 Å². The third-order valence-corrected chi connectivity index (χ3v) is 8.87. The van der Waals surface area contributed by atoms with Gasteiger partial charge in [-0.2, -0.15) is 4.37 Å². The Morgan fingerprint density at radius 3 is 2.70 bits per heavy atom. The second kappa shape index (κ2) is 10.8. The highest BCUT2D eigenvalue weighted by Crippen LogP contribution is 2.46. The number of carbonyl (C=O) groups is 1. The van der Waals surface area contributed by atoms with E-state index in [1.807, 2.05) is 25.1 Å². The molecule has 2 aliphatic rings. The second-order valence-corrected chi connectivity index (χ2v) is 11.3. The van der Waals surface area contributed by atoms with Gasteiger partial charge in [0.25, 0.3) is 0 Å². The van der Waals surface area contributed by atoms with Crippen molar-refractivity contribution in [2.45, 2.75) is 69.7 Å². The van der Waals surface area contributed by atoms with Crippen molar-refractivity contribution in [1.29, 1.82) is 0 Å². The van der Waals surface area contributed by atoms with Crippen molar-refractivity contribution < 1.29 is 19.2 Å².